The molecular formula is C21H35NO8. The Balaban J connectivity index is 5.80. The molecule has 0 bridgehead atoms. The summed E-state index contributed by atoms with van der Waals surface area (Å²) in [6.45, 7) is 13.3. The Hall–Kier alpha value is -2.58. The molecule has 0 aromatic rings. The smallest absolute Gasteiger partial charge is 0.420 e. The molecule has 0 saturated heterocycles. The summed E-state index contributed by atoms with van der Waals surface area (Å²) in [4.78, 5) is 50.3. The van der Waals surface area contributed by atoms with E-state index in [9.17, 15) is 19.2 Å². The van der Waals surface area contributed by atoms with Crippen LogP contribution in [0.3, 0.4) is 0 Å². The Labute approximate surface area is 178 Å². The fraction of sp³-hybridized carbons (Fsp3) is 0.714. The largest absolute Gasteiger partial charge is 0.467 e. The van der Waals surface area contributed by atoms with Crippen LogP contribution in [0.25, 0.3) is 0 Å². The van der Waals surface area contributed by atoms with Gasteiger partial charge >= 0.3 is 24.1 Å². The molecular weight excluding hydrogens is 394 g/mol. The summed E-state index contributed by atoms with van der Waals surface area (Å²) in [6.07, 6.45) is -0.290. The zero-order valence-corrected chi connectivity index (χ0v) is 19.5. The number of carbonyl (C=O) groups excluding carboxylic acids is 4. The first-order chi connectivity index (χ1) is 13.6. The predicted octanol–water partition coefficient (Wildman–Crippen LogP) is 3.99. The second-order valence-electron chi connectivity index (χ2n) is 8.55. The Morgan fingerprint density at radius 3 is 1.77 bits per heavy atom. The SMILES string of the molecule is CCOC(=O)/C(C)=C\CC[C@H](C(=O)OC)N(C(=O)OC(C)(C)C)C(=O)OC(C)(C)C. The van der Waals surface area contributed by atoms with E-state index in [0.717, 1.165) is 7.11 Å². The average molecular weight is 430 g/mol. The van der Waals surface area contributed by atoms with Gasteiger partial charge in [-0.25, -0.2) is 19.2 Å². The van der Waals surface area contributed by atoms with Gasteiger partial charge in [-0.1, -0.05) is 6.08 Å². The van der Waals surface area contributed by atoms with Crippen LogP contribution in [0.15, 0.2) is 11.6 Å². The summed E-state index contributed by atoms with van der Waals surface area (Å²) in [5, 5.41) is 0. The van der Waals surface area contributed by atoms with Crippen molar-refractivity contribution in [2.45, 2.75) is 85.5 Å². The minimum Gasteiger partial charge on any atom is -0.467 e. The Bertz CT molecular complexity index is 627. The second-order valence-corrected chi connectivity index (χ2v) is 8.55. The molecule has 0 radical (unpaired) electrons. The van der Waals surface area contributed by atoms with Crippen molar-refractivity contribution < 1.29 is 38.1 Å². The maximum absolute atomic E-state index is 12.7. The number of hydrogen-bond acceptors (Lipinski definition) is 8. The van der Waals surface area contributed by atoms with Gasteiger partial charge in [0.2, 0.25) is 0 Å². The van der Waals surface area contributed by atoms with Gasteiger partial charge in [-0.05, 0) is 68.2 Å². The van der Waals surface area contributed by atoms with Crippen molar-refractivity contribution in [3.63, 3.8) is 0 Å². The van der Waals surface area contributed by atoms with Crippen LogP contribution in [0.5, 0.6) is 0 Å². The molecule has 0 spiro atoms. The predicted molar refractivity (Wildman–Crippen MR) is 110 cm³/mol. The fourth-order valence-corrected chi connectivity index (χ4v) is 2.23. The first-order valence-electron chi connectivity index (χ1n) is 9.79. The summed E-state index contributed by atoms with van der Waals surface area (Å²) in [6, 6.07) is -1.30. The molecule has 9 nitrogen and oxygen atoms in total. The number of rotatable bonds is 7. The van der Waals surface area contributed by atoms with Gasteiger partial charge in [0.15, 0.2) is 0 Å². The van der Waals surface area contributed by atoms with E-state index in [1.807, 2.05) is 0 Å². The summed E-state index contributed by atoms with van der Waals surface area (Å²) < 4.78 is 20.3. The van der Waals surface area contributed by atoms with Gasteiger partial charge in [-0.15, -0.1) is 0 Å². The van der Waals surface area contributed by atoms with Crippen LogP contribution in [0.1, 0.15) is 68.2 Å². The third-order valence-corrected chi connectivity index (χ3v) is 3.45. The highest BCUT2D eigenvalue weighted by atomic mass is 16.6. The van der Waals surface area contributed by atoms with Crippen molar-refractivity contribution in [1.29, 1.82) is 0 Å². The average Bonchev–Trinajstić information content (AvgIpc) is 2.56. The van der Waals surface area contributed by atoms with E-state index in [1.54, 1.807) is 61.5 Å². The minimum absolute atomic E-state index is 0.00189. The highest BCUT2D eigenvalue weighted by Gasteiger charge is 2.40. The maximum Gasteiger partial charge on any atom is 0.420 e. The van der Waals surface area contributed by atoms with Crippen molar-refractivity contribution in [2.75, 3.05) is 13.7 Å². The van der Waals surface area contributed by atoms with Crippen molar-refractivity contribution in [1.82, 2.24) is 4.90 Å². The van der Waals surface area contributed by atoms with Crippen molar-refractivity contribution in [3.05, 3.63) is 11.6 Å². The lowest BCUT2D eigenvalue weighted by Crippen LogP contribution is -2.52. The van der Waals surface area contributed by atoms with Crippen LogP contribution in [0.2, 0.25) is 0 Å². The lowest BCUT2D eigenvalue weighted by Gasteiger charge is -2.32. The number of methoxy groups -OCH3 is 1. The van der Waals surface area contributed by atoms with E-state index in [-0.39, 0.29) is 19.4 Å². The Kier molecular flexibility index (Phi) is 10.6. The molecule has 0 aliphatic carbocycles. The van der Waals surface area contributed by atoms with E-state index in [0.29, 0.717) is 10.5 Å². The van der Waals surface area contributed by atoms with Crippen LogP contribution >= 0.6 is 0 Å². The molecule has 0 unspecified atom stereocenters. The number of carbonyl (C=O) groups is 4. The molecule has 0 saturated carbocycles. The Morgan fingerprint density at radius 2 is 1.40 bits per heavy atom. The number of allylic oxidation sites excluding steroid dienone is 1. The van der Waals surface area contributed by atoms with E-state index in [1.165, 1.54) is 0 Å². The fourth-order valence-electron chi connectivity index (χ4n) is 2.23. The zero-order valence-electron chi connectivity index (χ0n) is 19.5. The van der Waals surface area contributed by atoms with Crippen LogP contribution < -0.4 is 0 Å². The molecule has 0 N–H and O–H groups in total. The number of nitrogens with zero attached hydrogens (tertiary/aromatic N) is 1. The van der Waals surface area contributed by atoms with E-state index >= 15 is 0 Å². The molecule has 172 valence electrons. The van der Waals surface area contributed by atoms with Gasteiger partial charge in [-0.3, -0.25) is 0 Å². The monoisotopic (exact) mass is 429 g/mol. The standard InChI is InChI=1S/C21H35NO8/c1-10-28-16(23)14(2)12-11-13-15(17(24)27-9)22(18(25)29-20(3,4)5)19(26)30-21(6,7)8/h12,15H,10-11,13H2,1-9H3/b14-12-/t15-/m1/s1. The third kappa shape index (κ3) is 10.3. The second kappa shape index (κ2) is 11.6. The molecule has 0 rings (SSSR count). The molecule has 2 amide bonds. The van der Waals surface area contributed by atoms with Crippen molar-refractivity contribution in [3.8, 4) is 0 Å². The van der Waals surface area contributed by atoms with E-state index in [2.05, 4.69) is 0 Å². The number of imide groups is 1. The quantitative estimate of drug-likeness (QED) is 0.339. The van der Waals surface area contributed by atoms with Crippen molar-refractivity contribution in [2.24, 2.45) is 0 Å². The molecule has 0 aliphatic heterocycles. The number of esters is 2. The van der Waals surface area contributed by atoms with Crippen LogP contribution in [-0.2, 0) is 28.5 Å². The van der Waals surface area contributed by atoms with E-state index < -0.39 is 41.4 Å². The van der Waals surface area contributed by atoms with Crippen LogP contribution in [0.4, 0.5) is 9.59 Å². The molecule has 9 heteroatoms. The molecule has 0 aliphatic rings. The van der Waals surface area contributed by atoms with Crippen molar-refractivity contribution >= 4 is 24.1 Å². The minimum atomic E-state index is -1.30. The van der Waals surface area contributed by atoms with Gasteiger partial charge in [0.25, 0.3) is 0 Å². The Morgan fingerprint density at radius 1 is 0.933 bits per heavy atom. The molecule has 0 heterocycles. The summed E-state index contributed by atoms with van der Waals surface area (Å²) >= 11 is 0. The summed E-state index contributed by atoms with van der Waals surface area (Å²) in [5.41, 5.74) is -1.46. The molecule has 30 heavy (non-hydrogen) atoms. The molecule has 1 atom stereocenters. The molecule has 0 fully saturated rings. The number of ether oxygens (including phenoxy) is 4. The summed E-state index contributed by atoms with van der Waals surface area (Å²) in [7, 11) is 1.15. The first kappa shape index (κ1) is 27.4. The normalized spacial score (nSPS) is 13.2. The highest BCUT2D eigenvalue weighted by molar-refractivity contribution is 5.94. The van der Waals surface area contributed by atoms with Gasteiger partial charge < -0.3 is 18.9 Å². The van der Waals surface area contributed by atoms with Crippen LogP contribution in [-0.4, -0.2) is 60.0 Å². The molecule has 0 aromatic carbocycles. The topological polar surface area (TPSA) is 108 Å². The summed E-state index contributed by atoms with van der Waals surface area (Å²) in [5.74, 6) is -1.29. The van der Waals surface area contributed by atoms with Gasteiger partial charge in [-0.2, -0.15) is 4.90 Å². The van der Waals surface area contributed by atoms with Crippen LogP contribution in [0, 0.1) is 0 Å². The van der Waals surface area contributed by atoms with E-state index in [4.69, 9.17) is 18.9 Å². The number of hydrogen-bond donors (Lipinski definition) is 0. The lowest BCUT2D eigenvalue weighted by molar-refractivity contribution is -0.146. The zero-order chi connectivity index (χ0) is 23.7. The van der Waals surface area contributed by atoms with Gasteiger partial charge in [0.1, 0.15) is 17.2 Å². The first-order valence-corrected chi connectivity index (χ1v) is 9.79. The van der Waals surface area contributed by atoms with Gasteiger partial charge in [0.05, 0.1) is 13.7 Å². The lowest BCUT2D eigenvalue weighted by atomic mass is 10.1. The third-order valence-electron chi connectivity index (χ3n) is 3.45. The highest BCUT2D eigenvalue weighted by Crippen LogP contribution is 2.20. The number of amides is 2. The van der Waals surface area contributed by atoms with Gasteiger partial charge in [0, 0.05) is 5.57 Å². The maximum atomic E-state index is 12.7. The molecule has 0 aromatic heterocycles.